The lowest BCUT2D eigenvalue weighted by atomic mass is 9.73. The zero-order chi connectivity index (χ0) is 25.3. The molecule has 2 aromatic carbocycles. The lowest BCUT2D eigenvalue weighted by Crippen LogP contribution is -2.32. The third-order valence-electron chi connectivity index (χ3n) is 6.97. The predicted octanol–water partition coefficient (Wildman–Crippen LogP) is 6.33. The molecule has 34 heavy (non-hydrogen) atoms. The Bertz CT molecular complexity index is 1150. The Morgan fingerprint density at radius 1 is 1.06 bits per heavy atom. The molecule has 0 saturated carbocycles. The van der Waals surface area contributed by atoms with Crippen molar-refractivity contribution in [3.05, 3.63) is 64.9 Å². The zero-order valence-electron chi connectivity index (χ0n) is 21.9. The molecule has 0 radical (unpaired) electrons. The van der Waals surface area contributed by atoms with Gasteiger partial charge in [0.25, 0.3) is 5.91 Å². The highest BCUT2D eigenvalue weighted by molar-refractivity contribution is 5.97. The van der Waals surface area contributed by atoms with Crippen molar-refractivity contribution >= 4 is 16.9 Å². The summed E-state index contributed by atoms with van der Waals surface area (Å²) in [6.45, 7) is 12.7. The maximum Gasteiger partial charge on any atom is 0.253 e. The largest absolute Gasteiger partial charge is 0.491 e. The van der Waals surface area contributed by atoms with Crippen molar-refractivity contribution in [2.45, 2.75) is 65.9 Å². The van der Waals surface area contributed by atoms with Crippen molar-refractivity contribution in [2.75, 3.05) is 20.7 Å². The fourth-order valence-electron chi connectivity index (χ4n) is 4.35. The van der Waals surface area contributed by atoms with Gasteiger partial charge in [0.1, 0.15) is 23.7 Å². The Kier molecular flexibility index (Phi) is 7.47. The van der Waals surface area contributed by atoms with Gasteiger partial charge in [-0.2, -0.15) is 0 Å². The highest BCUT2D eigenvalue weighted by Crippen LogP contribution is 2.42. The first kappa shape index (κ1) is 25.8. The number of benzene rings is 2. The van der Waals surface area contributed by atoms with Crippen molar-refractivity contribution in [1.82, 2.24) is 4.90 Å². The van der Waals surface area contributed by atoms with Crippen molar-refractivity contribution in [1.29, 1.82) is 0 Å². The van der Waals surface area contributed by atoms with E-state index in [1.165, 1.54) is 5.56 Å². The first-order valence-corrected chi connectivity index (χ1v) is 12.1. The number of rotatable bonds is 8. The lowest BCUT2D eigenvalue weighted by Gasteiger charge is -2.31. The number of aryl methyl sites for hydroxylation is 1. The minimum absolute atomic E-state index is 0.0234. The summed E-state index contributed by atoms with van der Waals surface area (Å²) in [6.07, 6.45) is 1.20. The van der Waals surface area contributed by atoms with Gasteiger partial charge in [-0.1, -0.05) is 46.8 Å². The molecule has 1 amide bonds. The van der Waals surface area contributed by atoms with E-state index in [1.54, 1.807) is 19.0 Å². The highest BCUT2D eigenvalue weighted by atomic mass is 16.5. The van der Waals surface area contributed by atoms with Gasteiger partial charge in [0.05, 0.1) is 11.5 Å². The van der Waals surface area contributed by atoms with Crippen molar-refractivity contribution in [2.24, 2.45) is 5.41 Å². The Balaban J connectivity index is 1.96. The average Bonchev–Trinajstić information content (AvgIpc) is 3.22. The van der Waals surface area contributed by atoms with Gasteiger partial charge in [0, 0.05) is 25.0 Å². The summed E-state index contributed by atoms with van der Waals surface area (Å²) in [5, 5.41) is 11.3. The van der Waals surface area contributed by atoms with Crippen LogP contribution in [0.4, 0.5) is 0 Å². The summed E-state index contributed by atoms with van der Waals surface area (Å²) in [6, 6.07) is 14.0. The number of hydrogen-bond donors (Lipinski definition) is 1. The molecule has 1 unspecified atom stereocenters. The van der Waals surface area contributed by atoms with Gasteiger partial charge in [-0.25, -0.2) is 0 Å². The first-order chi connectivity index (χ1) is 15.9. The zero-order valence-corrected chi connectivity index (χ0v) is 21.9. The third kappa shape index (κ3) is 5.00. The van der Waals surface area contributed by atoms with Crippen LogP contribution in [-0.4, -0.2) is 42.7 Å². The number of carbonyl (C=O) groups excluding carboxylic acids is 1. The molecule has 1 atom stereocenters. The van der Waals surface area contributed by atoms with E-state index in [1.807, 2.05) is 52.0 Å². The summed E-state index contributed by atoms with van der Waals surface area (Å²) >= 11 is 0. The van der Waals surface area contributed by atoms with E-state index in [9.17, 15) is 9.90 Å². The van der Waals surface area contributed by atoms with Gasteiger partial charge in [-0.15, -0.1) is 0 Å². The normalized spacial score (nSPS) is 13.2. The molecule has 0 aliphatic carbocycles. The predicted molar refractivity (Wildman–Crippen MR) is 138 cm³/mol. The molecule has 5 nitrogen and oxygen atoms in total. The average molecular weight is 466 g/mol. The number of fused-ring (bicyclic) bond motifs is 1. The number of furan rings is 1. The SMILES string of the molecule is CCC(CC)(c1ccc(OCC(O)C(C)(C)C)c(C)c1)c1cc2cc(C(=O)N(C)C)ccc2o1. The molecule has 0 fully saturated rings. The molecule has 0 bridgehead atoms. The topological polar surface area (TPSA) is 62.9 Å². The van der Waals surface area contributed by atoms with Crippen LogP contribution in [0, 0.1) is 12.3 Å². The maximum absolute atomic E-state index is 12.4. The minimum Gasteiger partial charge on any atom is -0.491 e. The monoisotopic (exact) mass is 465 g/mol. The van der Waals surface area contributed by atoms with E-state index >= 15 is 0 Å². The summed E-state index contributed by atoms with van der Waals surface area (Å²) in [7, 11) is 3.51. The Morgan fingerprint density at radius 3 is 2.29 bits per heavy atom. The first-order valence-electron chi connectivity index (χ1n) is 12.1. The number of ether oxygens (including phenoxy) is 1. The van der Waals surface area contributed by atoms with Gasteiger partial charge in [-0.3, -0.25) is 4.79 Å². The van der Waals surface area contributed by atoms with Crippen LogP contribution in [0.1, 0.15) is 74.7 Å². The molecule has 1 aromatic heterocycles. The van der Waals surface area contributed by atoms with Crippen molar-refractivity contribution < 1.29 is 19.1 Å². The molecular weight excluding hydrogens is 426 g/mol. The quantitative estimate of drug-likeness (QED) is 0.422. The number of amides is 1. The summed E-state index contributed by atoms with van der Waals surface area (Å²) in [5.74, 6) is 1.66. The van der Waals surface area contributed by atoms with Gasteiger partial charge >= 0.3 is 0 Å². The Hall–Kier alpha value is -2.79. The van der Waals surface area contributed by atoms with Gasteiger partial charge < -0.3 is 19.2 Å². The van der Waals surface area contributed by atoms with E-state index in [0.29, 0.717) is 5.56 Å². The van der Waals surface area contributed by atoms with Crippen LogP contribution in [0.2, 0.25) is 0 Å². The second kappa shape index (κ2) is 9.83. The standard InChI is InChI=1S/C29H39NO4/c1-9-29(10-2,22-12-14-23(19(3)15-22)33-18-25(31)28(4,5)6)26-17-21-16-20(27(32)30(7)8)11-13-24(21)34-26/h11-17,25,31H,9-10,18H2,1-8H3. The number of carbonyl (C=O) groups is 1. The molecule has 3 aromatic rings. The van der Waals surface area contributed by atoms with E-state index in [0.717, 1.165) is 40.9 Å². The number of aliphatic hydroxyl groups is 1. The van der Waals surface area contributed by atoms with Crippen LogP contribution in [0.15, 0.2) is 46.9 Å². The van der Waals surface area contributed by atoms with Crippen LogP contribution in [-0.2, 0) is 5.41 Å². The molecule has 3 rings (SSSR count). The third-order valence-corrected chi connectivity index (χ3v) is 6.97. The summed E-state index contributed by atoms with van der Waals surface area (Å²) in [5.41, 5.74) is 3.11. The molecule has 1 heterocycles. The van der Waals surface area contributed by atoms with Crippen LogP contribution in [0.25, 0.3) is 11.0 Å². The smallest absolute Gasteiger partial charge is 0.253 e. The summed E-state index contributed by atoms with van der Waals surface area (Å²) < 4.78 is 12.3. The lowest BCUT2D eigenvalue weighted by molar-refractivity contribution is 0.0216. The van der Waals surface area contributed by atoms with Crippen LogP contribution in [0.5, 0.6) is 5.75 Å². The van der Waals surface area contributed by atoms with Crippen LogP contribution in [0.3, 0.4) is 0 Å². The van der Waals surface area contributed by atoms with Crippen LogP contribution >= 0.6 is 0 Å². The maximum atomic E-state index is 12.4. The molecule has 0 aliphatic rings. The molecule has 0 aliphatic heterocycles. The van der Waals surface area contributed by atoms with E-state index in [-0.39, 0.29) is 23.3 Å². The number of nitrogens with zero attached hydrogens (tertiary/aromatic N) is 1. The van der Waals surface area contributed by atoms with Gasteiger partial charge in [0.2, 0.25) is 0 Å². The Labute approximate surface area is 203 Å². The van der Waals surface area contributed by atoms with E-state index in [2.05, 4.69) is 32.0 Å². The molecule has 0 spiro atoms. The minimum atomic E-state index is -0.545. The van der Waals surface area contributed by atoms with E-state index < -0.39 is 6.10 Å². The molecule has 0 saturated heterocycles. The number of hydrogen-bond acceptors (Lipinski definition) is 4. The van der Waals surface area contributed by atoms with E-state index in [4.69, 9.17) is 9.15 Å². The van der Waals surface area contributed by atoms with Gasteiger partial charge in [-0.05, 0) is 66.6 Å². The molecule has 1 N–H and O–H groups in total. The molecule has 184 valence electrons. The van der Waals surface area contributed by atoms with Gasteiger partial charge in [0.15, 0.2) is 0 Å². The Morgan fingerprint density at radius 2 is 1.74 bits per heavy atom. The van der Waals surface area contributed by atoms with Crippen molar-refractivity contribution in [3.8, 4) is 5.75 Å². The fraction of sp³-hybridized carbons (Fsp3) is 0.483. The number of aliphatic hydroxyl groups excluding tert-OH is 1. The second-order valence-corrected chi connectivity index (χ2v) is 10.5. The second-order valence-electron chi connectivity index (χ2n) is 10.5. The van der Waals surface area contributed by atoms with Crippen LogP contribution < -0.4 is 4.74 Å². The molecular formula is C29H39NO4. The highest BCUT2D eigenvalue weighted by Gasteiger charge is 2.35. The summed E-state index contributed by atoms with van der Waals surface area (Å²) in [4.78, 5) is 14.0. The molecule has 5 heteroatoms. The van der Waals surface area contributed by atoms with Crippen molar-refractivity contribution in [3.63, 3.8) is 0 Å². The fourth-order valence-corrected chi connectivity index (χ4v) is 4.35.